The van der Waals surface area contributed by atoms with Crippen LogP contribution in [0.3, 0.4) is 0 Å². The summed E-state index contributed by atoms with van der Waals surface area (Å²) in [7, 11) is 0. The molecule has 1 atom stereocenters. The van der Waals surface area contributed by atoms with Gasteiger partial charge in [-0.2, -0.15) is 5.26 Å². The van der Waals surface area contributed by atoms with Crippen molar-refractivity contribution in [2.75, 3.05) is 0 Å². The maximum absolute atomic E-state index is 12.0. The Morgan fingerprint density at radius 2 is 1.93 bits per heavy atom. The first-order chi connectivity index (χ1) is 14.2. The first-order valence-corrected chi connectivity index (χ1v) is 10.7. The quantitative estimate of drug-likeness (QED) is 0.454. The molecule has 1 heterocycles. The topological polar surface area (TPSA) is 78.9 Å². The average Bonchev–Trinajstić information content (AvgIpc) is 3.05. The van der Waals surface area contributed by atoms with E-state index in [-0.39, 0.29) is 17.7 Å². The van der Waals surface area contributed by atoms with Gasteiger partial charge in [-0.15, -0.1) is 0 Å². The number of carboxylic acid groups (broad SMARTS) is 1. The molecule has 3 rings (SSSR count). The highest BCUT2D eigenvalue weighted by molar-refractivity contribution is 9.10. The second kappa shape index (κ2) is 9.03. The van der Waals surface area contributed by atoms with E-state index < -0.39 is 5.97 Å². The van der Waals surface area contributed by atoms with Gasteiger partial charge in [-0.05, 0) is 84.1 Å². The van der Waals surface area contributed by atoms with Crippen LogP contribution in [0.2, 0.25) is 5.02 Å². The molecule has 1 unspecified atom stereocenters. The molecule has 0 aliphatic carbocycles. The fraction of sp³-hybridized carbons (Fsp3) is 0.261. The molecule has 7 heteroatoms. The van der Waals surface area contributed by atoms with Gasteiger partial charge in [0.1, 0.15) is 0 Å². The van der Waals surface area contributed by atoms with Crippen molar-refractivity contribution in [1.82, 2.24) is 9.55 Å². The molecule has 30 heavy (non-hydrogen) atoms. The van der Waals surface area contributed by atoms with E-state index in [1.54, 1.807) is 18.2 Å². The van der Waals surface area contributed by atoms with Crippen LogP contribution >= 0.6 is 27.5 Å². The summed E-state index contributed by atoms with van der Waals surface area (Å²) >= 11 is 9.54. The van der Waals surface area contributed by atoms with E-state index >= 15 is 0 Å². The molecule has 0 bridgehead atoms. The summed E-state index contributed by atoms with van der Waals surface area (Å²) in [4.78, 5) is 16.3. The molecular weight excluding hydrogens is 466 g/mol. The minimum Gasteiger partial charge on any atom is -0.476 e. The fourth-order valence-corrected chi connectivity index (χ4v) is 4.58. The van der Waals surface area contributed by atoms with Gasteiger partial charge in [-0.3, -0.25) is 0 Å². The zero-order valence-corrected chi connectivity index (χ0v) is 19.2. The predicted octanol–water partition coefficient (Wildman–Crippen LogP) is 6.13. The largest absolute Gasteiger partial charge is 0.476 e. The third-order valence-electron chi connectivity index (χ3n) is 5.12. The third-order valence-corrected chi connectivity index (χ3v) is 5.93. The fourth-order valence-electron chi connectivity index (χ4n) is 3.68. The van der Waals surface area contributed by atoms with Crippen LogP contribution in [0.25, 0.3) is 0 Å². The van der Waals surface area contributed by atoms with Gasteiger partial charge in [0.15, 0.2) is 10.4 Å². The van der Waals surface area contributed by atoms with Crippen LogP contribution in [0.1, 0.15) is 64.2 Å². The number of hydrogen-bond donors (Lipinski definition) is 1. The normalized spacial score (nSPS) is 12.0. The number of aromatic carboxylic acids is 1. The lowest BCUT2D eigenvalue weighted by Gasteiger charge is -2.24. The Morgan fingerprint density at radius 1 is 1.27 bits per heavy atom. The molecule has 0 aliphatic heterocycles. The summed E-state index contributed by atoms with van der Waals surface area (Å²) in [6.45, 7) is 5.95. The molecule has 0 saturated carbocycles. The lowest BCUT2D eigenvalue weighted by molar-refractivity contribution is 0.0689. The highest BCUT2D eigenvalue weighted by atomic mass is 79.9. The summed E-state index contributed by atoms with van der Waals surface area (Å²) in [5.41, 5.74) is 4.23. The maximum Gasteiger partial charge on any atom is 0.356 e. The van der Waals surface area contributed by atoms with Crippen LogP contribution < -0.4 is 0 Å². The number of aryl methyl sites for hydroxylation is 1. The number of benzene rings is 2. The number of carboxylic acids is 1. The highest BCUT2D eigenvalue weighted by Crippen LogP contribution is 2.36. The van der Waals surface area contributed by atoms with Gasteiger partial charge in [0, 0.05) is 17.0 Å². The van der Waals surface area contributed by atoms with Crippen LogP contribution in [-0.2, 0) is 6.42 Å². The van der Waals surface area contributed by atoms with Crippen molar-refractivity contribution >= 4 is 33.5 Å². The Bertz CT molecular complexity index is 1130. The van der Waals surface area contributed by atoms with Gasteiger partial charge in [-0.25, -0.2) is 9.78 Å². The summed E-state index contributed by atoms with van der Waals surface area (Å²) in [6.07, 6.45) is 0.560. The van der Waals surface area contributed by atoms with Gasteiger partial charge in [0.2, 0.25) is 0 Å². The second-order valence-electron chi connectivity index (χ2n) is 7.44. The molecule has 0 radical (unpaired) electrons. The lowest BCUT2D eigenvalue weighted by atomic mass is 9.86. The van der Waals surface area contributed by atoms with E-state index in [1.165, 1.54) is 0 Å². The Labute approximate surface area is 189 Å². The monoisotopic (exact) mass is 485 g/mol. The van der Waals surface area contributed by atoms with Crippen molar-refractivity contribution in [3.8, 4) is 6.07 Å². The van der Waals surface area contributed by atoms with Gasteiger partial charge < -0.3 is 9.67 Å². The number of halogens is 2. The highest BCUT2D eigenvalue weighted by Gasteiger charge is 2.30. The van der Waals surface area contributed by atoms with E-state index in [4.69, 9.17) is 16.9 Å². The first kappa shape index (κ1) is 22.1. The number of nitriles is 1. The SMILES string of the molecule is Cc1cc(C#N)ccc1CC(c1ccc(Cl)cc1)c1c(C(=O)O)nc(Br)n1C(C)C. The number of rotatable bonds is 6. The smallest absolute Gasteiger partial charge is 0.356 e. The Hall–Kier alpha value is -2.62. The number of carbonyl (C=O) groups is 1. The van der Waals surface area contributed by atoms with Gasteiger partial charge in [-0.1, -0.05) is 29.8 Å². The van der Waals surface area contributed by atoms with E-state index in [9.17, 15) is 9.90 Å². The summed E-state index contributed by atoms with van der Waals surface area (Å²) < 4.78 is 2.40. The average molecular weight is 487 g/mol. The Balaban J connectivity index is 2.23. The summed E-state index contributed by atoms with van der Waals surface area (Å²) in [6, 6.07) is 15.2. The van der Waals surface area contributed by atoms with Crippen molar-refractivity contribution < 1.29 is 9.90 Å². The molecule has 5 nitrogen and oxygen atoms in total. The van der Waals surface area contributed by atoms with E-state index in [1.807, 2.05) is 49.6 Å². The van der Waals surface area contributed by atoms with Crippen LogP contribution in [0, 0.1) is 18.3 Å². The van der Waals surface area contributed by atoms with Crippen LogP contribution in [0.5, 0.6) is 0 Å². The lowest BCUT2D eigenvalue weighted by Crippen LogP contribution is -2.17. The zero-order valence-electron chi connectivity index (χ0n) is 16.9. The van der Waals surface area contributed by atoms with Crippen LogP contribution in [-0.4, -0.2) is 20.6 Å². The van der Waals surface area contributed by atoms with Crippen LogP contribution in [0.15, 0.2) is 47.2 Å². The molecule has 3 aromatic rings. The van der Waals surface area contributed by atoms with E-state index in [2.05, 4.69) is 27.0 Å². The van der Waals surface area contributed by atoms with Gasteiger partial charge >= 0.3 is 5.97 Å². The first-order valence-electron chi connectivity index (χ1n) is 9.49. The molecule has 154 valence electrons. The van der Waals surface area contributed by atoms with Gasteiger partial charge in [0.25, 0.3) is 0 Å². The molecule has 0 saturated heterocycles. The molecule has 1 aromatic heterocycles. The van der Waals surface area contributed by atoms with E-state index in [0.717, 1.165) is 16.7 Å². The standard InChI is InChI=1S/C23H21BrClN3O2/c1-13(2)28-21(20(22(29)30)27-23(28)24)19(16-6-8-18(25)9-7-16)11-17-5-4-15(12-26)10-14(17)3/h4-10,13,19H,11H2,1-3H3,(H,29,30). The van der Waals surface area contributed by atoms with Crippen LogP contribution in [0.4, 0.5) is 0 Å². The molecule has 1 N–H and O–H groups in total. The molecule has 0 spiro atoms. The number of aromatic nitrogens is 2. The van der Waals surface area contributed by atoms with Crippen molar-refractivity contribution in [3.63, 3.8) is 0 Å². The third kappa shape index (κ3) is 4.43. The number of nitrogens with zero attached hydrogens (tertiary/aromatic N) is 3. The molecular formula is C23H21BrClN3O2. The zero-order chi connectivity index (χ0) is 22.0. The Kier molecular flexibility index (Phi) is 6.64. The molecule has 2 aromatic carbocycles. The molecule has 0 aliphatic rings. The van der Waals surface area contributed by atoms with Crippen molar-refractivity contribution in [2.24, 2.45) is 0 Å². The summed E-state index contributed by atoms with van der Waals surface area (Å²) in [5.74, 6) is -1.33. The predicted molar refractivity (Wildman–Crippen MR) is 120 cm³/mol. The second-order valence-corrected chi connectivity index (χ2v) is 8.59. The summed E-state index contributed by atoms with van der Waals surface area (Å²) in [5, 5.41) is 19.6. The van der Waals surface area contributed by atoms with Gasteiger partial charge in [0.05, 0.1) is 17.3 Å². The van der Waals surface area contributed by atoms with Crippen molar-refractivity contribution in [1.29, 1.82) is 5.26 Å². The number of imidazole rings is 1. The minimum absolute atomic E-state index is 0.00633. The molecule has 0 fully saturated rings. The minimum atomic E-state index is -1.07. The number of hydrogen-bond acceptors (Lipinski definition) is 3. The van der Waals surface area contributed by atoms with Crippen molar-refractivity contribution in [2.45, 2.75) is 39.2 Å². The van der Waals surface area contributed by atoms with E-state index in [0.29, 0.717) is 27.4 Å². The Morgan fingerprint density at radius 3 is 2.47 bits per heavy atom. The molecule has 0 amide bonds. The maximum atomic E-state index is 12.0. The van der Waals surface area contributed by atoms with Crippen molar-refractivity contribution in [3.05, 3.63) is 85.9 Å².